The molecule has 0 aromatic heterocycles. The Morgan fingerprint density at radius 1 is 0.833 bits per heavy atom. The molecule has 0 radical (unpaired) electrons. The highest BCUT2D eigenvalue weighted by atomic mass is 16.2. The maximum absolute atomic E-state index is 13.8. The lowest BCUT2D eigenvalue weighted by atomic mass is 9.48. The van der Waals surface area contributed by atoms with E-state index in [9.17, 15) is 9.59 Å². The molecule has 3 aromatic rings. The van der Waals surface area contributed by atoms with Crippen LogP contribution in [0.25, 0.3) is 0 Å². The van der Waals surface area contributed by atoms with Gasteiger partial charge < -0.3 is 0 Å². The van der Waals surface area contributed by atoms with Crippen LogP contribution in [0.1, 0.15) is 40.7 Å². The molecule has 1 saturated heterocycles. The Bertz CT molecular complexity index is 1240. The molecular formula is C26H18N2O2. The van der Waals surface area contributed by atoms with Gasteiger partial charge in [0.15, 0.2) is 0 Å². The van der Waals surface area contributed by atoms with Crippen LogP contribution in [0.2, 0.25) is 0 Å². The van der Waals surface area contributed by atoms with Gasteiger partial charge in [-0.1, -0.05) is 55.5 Å². The van der Waals surface area contributed by atoms with Crippen molar-refractivity contribution in [3.05, 3.63) is 101 Å². The van der Waals surface area contributed by atoms with Crippen molar-refractivity contribution in [3.63, 3.8) is 0 Å². The normalized spacial score (nSPS) is 28.0. The highest BCUT2D eigenvalue weighted by molar-refractivity contribution is 6.23. The number of anilines is 1. The van der Waals surface area contributed by atoms with Crippen molar-refractivity contribution in [1.82, 2.24) is 0 Å². The molecule has 0 unspecified atom stereocenters. The molecule has 3 aliphatic carbocycles. The van der Waals surface area contributed by atoms with Crippen molar-refractivity contribution < 1.29 is 9.59 Å². The third-order valence-corrected chi connectivity index (χ3v) is 7.30. The van der Waals surface area contributed by atoms with Crippen molar-refractivity contribution in [2.75, 3.05) is 4.90 Å². The van der Waals surface area contributed by atoms with E-state index < -0.39 is 17.3 Å². The molecule has 1 fully saturated rings. The van der Waals surface area contributed by atoms with Crippen molar-refractivity contribution in [2.24, 2.45) is 11.8 Å². The number of carbonyl (C=O) groups is 2. The number of imide groups is 1. The smallest absolute Gasteiger partial charge is 0.238 e. The summed E-state index contributed by atoms with van der Waals surface area (Å²) in [5.74, 6) is -1.26. The highest BCUT2D eigenvalue weighted by Gasteiger charge is 2.66. The summed E-state index contributed by atoms with van der Waals surface area (Å²) in [6.45, 7) is 2.12. The molecule has 1 heterocycles. The van der Waals surface area contributed by atoms with Crippen LogP contribution in [0.4, 0.5) is 5.69 Å². The Morgan fingerprint density at radius 3 is 1.97 bits per heavy atom. The molecule has 4 heteroatoms. The minimum atomic E-state index is -0.555. The van der Waals surface area contributed by atoms with Crippen LogP contribution in [0.15, 0.2) is 72.8 Å². The van der Waals surface area contributed by atoms with Gasteiger partial charge in [-0.15, -0.1) is 0 Å². The maximum atomic E-state index is 13.8. The van der Waals surface area contributed by atoms with Gasteiger partial charge in [0.25, 0.3) is 0 Å². The molecule has 7 rings (SSSR count). The van der Waals surface area contributed by atoms with Gasteiger partial charge in [0, 0.05) is 11.3 Å². The number of amides is 2. The molecule has 144 valence electrons. The number of nitriles is 1. The Labute approximate surface area is 174 Å². The SMILES string of the molecule is CC12c3ccccc3C(c3ccccc31)[C@@H]1C(=O)N(c3ccc(C#N)cc3)C(=O)[C@H]12. The average Bonchev–Trinajstić information content (AvgIpc) is 3.06. The third kappa shape index (κ3) is 1.85. The first-order valence-corrected chi connectivity index (χ1v) is 10.1. The van der Waals surface area contributed by atoms with Crippen LogP contribution < -0.4 is 4.90 Å². The van der Waals surface area contributed by atoms with E-state index in [-0.39, 0.29) is 17.7 Å². The zero-order valence-electron chi connectivity index (χ0n) is 16.4. The molecule has 2 bridgehead atoms. The van der Waals surface area contributed by atoms with Crippen molar-refractivity contribution in [3.8, 4) is 6.07 Å². The second-order valence-electron chi connectivity index (χ2n) is 8.53. The van der Waals surface area contributed by atoms with Crippen LogP contribution in [-0.4, -0.2) is 11.8 Å². The summed E-state index contributed by atoms with van der Waals surface area (Å²) in [4.78, 5) is 28.8. The number of carbonyl (C=O) groups excluding carboxylic acids is 2. The minimum absolute atomic E-state index is 0.121. The Kier molecular flexibility index (Phi) is 3.25. The molecule has 2 atom stereocenters. The molecule has 0 N–H and O–H groups in total. The molecule has 4 aliphatic rings. The summed E-state index contributed by atoms with van der Waals surface area (Å²) in [5, 5.41) is 9.08. The fourth-order valence-electron chi connectivity index (χ4n) is 6.09. The standard InChI is InChI=1S/C26H18N2O2/c1-26-19-8-4-2-6-17(19)21(18-7-3-5-9-20(18)26)22-23(26)25(30)28(24(22)29)16-12-10-15(14-27)11-13-16/h2-13,21-23H,1H3/t21?,22-,23-,26?/m0/s1. The highest BCUT2D eigenvalue weighted by Crippen LogP contribution is 2.64. The maximum Gasteiger partial charge on any atom is 0.238 e. The molecular weight excluding hydrogens is 372 g/mol. The van der Waals surface area contributed by atoms with E-state index in [1.165, 1.54) is 4.90 Å². The molecule has 2 amide bonds. The van der Waals surface area contributed by atoms with Gasteiger partial charge in [0.05, 0.1) is 29.2 Å². The zero-order chi connectivity index (χ0) is 20.6. The summed E-state index contributed by atoms with van der Waals surface area (Å²) < 4.78 is 0. The lowest BCUT2D eigenvalue weighted by molar-refractivity contribution is -0.123. The molecule has 4 nitrogen and oxygen atoms in total. The lowest BCUT2D eigenvalue weighted by Crippen LogP contribution is -2.51. The topological polar surface area (TPSA) is 61.2 Å². The fraction of sp³-hybridized carbons (Fsp3) is 0.192. The summed E-state index contributed by atoms with van der Waals surface area (Å²) in [6, 6.07) is 25.2. The quantitative estimate of drug-likeness (QED) is 0.587. The molecule has 0 spiro atoms. The van der Waals surface area contributed by atoms with Crippen LogP contribution in [0.5, 0.6) is 0 Å². The van der Waals surface area contributed by atoms with E-state index in [0.29, 0.717) is 11.3 Å². The van der Waals surface area contributed by atoms with Crippen LogP contribution >= 0.6 is 0 Å². The van der Waals surface area contributed by atoms with E-state index in [0.717, 1.165) is 22.3 Å². The van der Waals surface area contributed by atoms with Gasteiger partial charge >= 0.3 is 0 Å². The number of benzene rings is 3. The summed E-state index contributed by atoms with van der Waals surface area (Å²) in [5.41, 5.74) is 5.10. The predicted octanol–water partition coefficient (Wildman–Crippen LogP) is 4.13. The van der Waals surface area contributed by atoms with Gasteiger partial charge in [-0.2, -0.15) is 5.26 Å². The van der Waals surface area contributed by atoms with Gasteiger partial charge in [0.1, 0.15) is 0 Å². The number of hydrogen-bond acceptors (Lipinski definition) is 3. The van der Waals surface area contributed by atoms with E-state index in [2.05, 4.69) is 37.3 Å². The monoisotopic (exact) mass is 390 g/mol. The van der Waals surface area contributed by atoms with E-state index in [4.69, 9.17) is 5.26 Å². The third-order valence-electron chi connectivity index (χ3n) is 7.30. The second kappa shape index (κ2) is 5.67. The number of nitrogens with zero attached hydrogens (tertiary/aromatic N) is 2. The van der Waals surface area contributed by atoms with Gasteiger partial charge in [-0.3, -0.25) is 9.59 Å². The van der Waals surface area contributed by atoms with Gasteiger partial charge in [0.2, 0.25) is 11.8 Å². The molecule has 30 heavy (non-hydrogen) atoms. The average molecular weight is 390 g/mol. The van der Waals surface area contributed by atoms with Gasteiger partial charge in [-0.05, 0) is 46.5 Å². The number of rotatable bonds is 1. The molecule has 3 aromatic carbocycles. The zero-order valence-corrected chi connectivity index (χ0v) is 16.4. The van der Waals surface area contributed by atoms with Crippen LogP contribution in [0.3, 0.4) is 0 Å². The Hall–Kier alpha value is -3.71. The predicted molar refractivity (Wildman–Crippen MR) is 112 cm³/mol. The largest absolute Gasteiger partial charge is 0.274 e. The van der Waals surface area contributed by atoms with Crippen molar-refractivity contribution >= 4 is 17.5 Å². The number of hydrogen-bond donors (Lipinski definition) is 0. The van der Waals surface area contributed by atoms with Crippen LogP contribution in [0, 0.1) is 23.2 Å². The molecule has 0 saturated carbocycles. The molecule has 1 aliphatic heterocycles. The second-order valence-corrected chi connectivity index (χ2v) is 8.53. The van der Waals surface area contributed by atoms with E-state index in [1.807, 2.05) is 24.3 Å². The summed E-state index contributed by atoms with van der Waals surface area (Å²) in [6.07, 6.45) is 0. The van der Waals surface area contributed by atoms with Gasteiger partial charge in [-0.25, -0.2) is 4.90 Å². The van der Waals surface area contributed by atoms with E-state index >= 15 is 0 Å². The van der Waals surface area contributed by atoms with Crippen molar-refractivity contribution in [2.45, 2.75) is 18.3 Å². The first kappa shape index (κ1) is 17.2. The Morgan fingerprint density at radius 2 is 1.40 bits per heavy atom. The van der Waals surface area contributed by atoms with E-state index in [1.54, 1.807) is 24.3 Å². The lowest BCUT2D eigenvalue weighted by Gasteiger charge is -2.52. The minimum Gasteiger partial charge on any atom is -0.274 e. The first-order valence-electron chi connectivity index (χ1n) is 10.1. The van der Waals surface area contributed by atoms with Crippen LogP contribution in [-0.2, 0) is 15.0 Å². The Balaban J connectivity index is 1.58. The summed E-state index contributed by atoms with van der Waals surface area (Å²) >= 11 is 0. The fourth-order valence-corrected chi connectivity index (χ4v) is 6.09. The summed E-state index contributed by atoms with van der Waals surface area (Å²) in [7, 11) is 0. The van der Waals surface area contributed by atoms with Crippen molar-refractivity contribution in [1.29, 1.82) is 5.26 Å². The first-order chi connectivity index (χ1) is 14.6.